The third-order valence-corrected chi connectivity index (χ3v) is 10.8. The summed E-state index contributed by atoms with van der Waals surface area (Å²) in [6.45, 7) is 8.14. The first-order valence-corrected chi connectivity index (χ1v) is 13.0. The Labute approximate surface area is 188 Å². The average molecular weight is 424 g/mol. The molecule has 0 aliphatic heterocycles. The first-order valence-electron chi connectivity index (χ1n) is 13.0. The minimum atomic E-state index is -0.372. The van der Waals surface area contributed by atoms with Crippen LogP contribution in [0.2, 0.25) is 0 Å². The van der Waals surface area contributed by atoms with Crippen molar-refractivity contribution in [2.45, 2.75) is 97.1 Å². The molecular weight excluding hydrogens is 382 g/mol. The van der Waals surface area contributed by atoms with Crippen molar-refractivity contribution < 1.29 is 5.11 Å². The largest absolute Gasteiger partial charge is 0.390 e. The van der Waals surface area contributed by atoms with E-state index in [9.17, 15) is 5.11 Å². The Morgan fingerprint density at radius 1 is 1.16 bits per heavy atom. The molecule has 0 spiro atoms. The van der Waals surface area contributed by atoms with E-state index >= 15 is 0 Å². The maximum Gasteiger partial charge on any atom is 0.162 e. The normalized spacial score (nSPS) is 45.3. The number of fused-ring (bicyclic) bond motifs is 5. The zero-order chi connectivity index (χ0) is 21.8. The Hall–Kier alpha value is -1.34. The number of aliphatic hydroxyl groups is 1. The van der Waals surface area contributed by atoms with Crippen molar-refractivity contribution in [3.8, 4) is 6.07 Å². The van der Waals surface area contributed by atoms with Crippen LogP contribution < -0.4 is 0 Å². The fourth-order valence-electron chi connectivity index (χ4n) is 9.20. The maximum absolute atomic E-state index is 10.9. The molecule has 0 amide bonds. The van der Waals surface area contributed by atoms with Crippen LogP contribution in [0.15, 0.2) is 12.3 Å². The number of nitrogens with zero attached hydrogens (tertiary/aromatic N) is 3. The number of rotatable bonds is 4. The van der Waals surface area contributed by atoms with Gasteiger partial charge in [0.1, 0.15) is 6.07 Å². The topological polar surface area (TPSA) is 61.8 Å². The summed E-state index contributed by atoms with van der Waals surface area (Å²) < 4.78 is 1.99. The third kappa shape index (κ3) is 3.56. The highest BCUT2D eigenvalue weighted by atomic mass is 16.3. The van der Waals surface area contributed by atoms with Crippen LogP contribution in [0.3, 0.4) is 0 Å². The summed E-state index contributed by atoms with van der Waals surface area (Å²) in [7, 11) is 0. The highest BCUT2D eigenvalue weighted by Crippen LogP contribution is 2.65. The molecule has 1 N–H and O–H groups in total. The van der Waals surface area contributed by atoms with Gasteiger partial charge < -0.3 is 5.11 Å². The molecule has 4 aliphatic carbocycles. The monoisotopic (exact) mass is 423 g/mol. The summed E-state index contributed by atoms with van der Waals surface area (Å²) in [5, 5.41) is 24.4. The van der Waals surface area contributed by atoms with Crippen molar-refractivity contribution in [3.05, 3.63) is 18.0 Å². The molecule has 4 fully saturated rings. The van der Waals surface area contributed by atoms with E-state index in [0.29, 0.717) is 17.0 Å². The van der Waals surface area contributed by atoms with E-state index in [1.165, 1.54) is 44.9 Å². The van der Waals surface area contributed by atoms with Gasteiger partial charge >= 0.3 is 0 Å². The van der Waals surface area contributed by atoms with E-state index in [-0.39, 0.29) is 5.60 Å². The highest BCUT2D eigenvalue weighted by molar-refractivity contribution is 5.16. The van der Waals surface area contributed by atoms with Crippen LogP contribution in [-0.4, -0.2) is 20.5 Å². The lowest BCUT2D eigenvalue weighted by atomic mass is 9.48. The highest BCUT2D eigenvalue weighted by Gasteiger charge is 2.58. The lowest BCUT2D eigenvalue weighted by Gasteiger charge is -2.57. The Morgan fingerprint density at radius 2 is 1.97 bits per heavy atom. The van der Waals surface area contributed by atoms with E-state index < -0.39 is 0 Å². The molecule has 170 valence electrons. The molecule has 1 aromatic heterocycles. The van der Waals surface area contributed by atoms with Gasteiger partial charge in [0.05, 0.1) is 5.60 Å². The molecule has 1 aromatic rings. The minimum Gasteiger partial charge on any atom is -0.390 e. The molecule has 5 rings (SSSR count). The third-order valence-electron chi connectivity index (χ3n) is 10.8. The van der Waals surface area contributed by atoms with Crippen molar-refractivity contribution in [2.75, 3.05) is 0 Å². The Bertz CT molecular complexity index is 842. The van der Waals surface area contributed by atoms with E-state index in [2.05, 4.69) is 31.9 Å². The van der Waals surface area contributed by atoms with Gasteiger partial charge in [-0.05, 0) is 117 Å². The second-order valence-electron chi connectivity index (χ2n) is 12.0. The lowest BCUT2D eigenvalue weighted by molar-refractivity contribution is -0.109. The molecule has 1 unspecified atom stereocenters. The molecule has 4 saturated carbocycles. The van der Waals surface area contributed by atoms with Crippen LogP contribution in [0.1, 0.15) is 90.7 Å². The number of nitriles is 1. The van der Waals surface area contributed by atoms with E-state index in [4.69, 9.17) is 5.26 Å². The van der Waals surface area contributed by atoms with Crippen LogP contribution in [0.5, 0.6) is 0 Å². The quantitative estimate of drug-likeness (QED) is 0.665. The molecule has 0 saturated heterocycles. The first kappa shape index (κ1) is 21.5. The van der Waals surface area contributed by atoms with Crippen LogP contribution in [0.4, 0.5) is 0 Å². The zero-order valence-electron chi connectivity index (χ0n) is 19.8. The van der Waals surface area contributed by atoms with Gasteiger partial charge in [-0.3, -0.25) is 4.68 Å². The summed E-state index contributed by atoms with van der Waals surface area (Å²) >= 11 is 0. The molecule has 31 heavy (non-hydrogen) atoms. The molecule has 0 aromatic carbocycles. The van der Waals surface area contributed by atoms with E-state index in [1.54, 1.807) is 0 Å². The van der Waals surface area contributed by atoms with Gasteiger partial charge in [-0.25, -0.2) is 0 Å². The molecule has 0 radical (unpaired) electrons. The number of hydrogen-bond donors (Lipinski definition) is 1. The smallest absolute Gasteiger partial charge is 0.162 e. The fourth-order valence-corrected chi connectivity index (χ4v) is 9.20. The van der Waals surface area contributed by atoms with Gasteiger partial charge in [-0.15, -0.1) is 0 Å². The number of hydrogen-bond acceptors (Lipinski definition) is 3. The van der Waals surface area contributed by atoms with Gasteiger partial charge in [0, 0.05) is 12.7 Å². The second-order valence-corrected chi connectivity index (χ2v) is 12.0. The molecule has 4 heteroatoms. The summed E-state index contributed by atoms with van der Waals surface area (Å²) in [4.78, 5) is 0. The predicted molar refractivity (Wildman–Crippen MR) is 122 cm³/mol. The van der Waals surface area contributed by atoms with Crippen LogP contribution in [0, 0.1) is 58.2 Å². The first-order chi connectivity index (χ1) is 14.9. The molecule has 1 heterocycles. The Kier molecular flexibility index (Phi) is 5.48. The van der Waals surface area contributed by atoms with Crippen molar-refractivity contribution in [1.82, 2.24) is 9.78 Å². The Morgan fingerprint density at radius 3 is 2.71 bits per heavy atom. The maximum atomic E-state index is 10.9. The molecule has 0 bridgehead atoms. The fraction of sp³-hybridized carbons (Fsp3) is 0.852. The van der Waals surface area contributed by atoms with Crippen molar-refractivity contribution >= 4 is 0 Å². The molecule has 4 aliphatic rings. The van der Waals surface area contributed by atoms with E-state index in [0.717, 1.165) is 61.3 Å². The van der Waals surface area contributed by atoms with E-state index in [1.807, 2.05) is 16.9 Å². The predicted octanol–water partition coefficient (Wildman–Crippen LogP) is 5.80. The van der Waals surface area contributed by atoms with Gasteiger partial charge in [0.15, 0.2) is 5.69 Å². The van der Waals surface area contributed by atoms with Crippen molar-refractivity contribution in [1.29, 1.82) is 5.26 Å². The summed E-state index contributed by atoms with van der Waals surface area (Å²) in [6.07, 6.45) is 14.6. The summed E-state index contributed by atoms with van der Waals surface area (Å²) in [6, 6.07) is 3.99. The molecule has 4 nitrogen and oxygen atoms in total. The molecular formula is C27H41N3O. The van der Waals surface area contributed by atoms with Crippen LogP contribution in [-0.2, 0) is 6.54 Å². The van der Waals surface area contributed by atoms with Gasteiger partial charge in [-0.2, -0.15) is 10.4 Å². The zero-order valence-corrected chi connectivity index (χ0v) is 19.8. The van der Waals surface area contributed by atoms with Gasteiger partial charge in [0.25, 0.3) is 0 Å². The minimum absolute atomic E-state index is 0.372. The van der Waals surface area contributed by atoms with Crippen LogP contribution >= 0.6 is 0 Å². The van der Waals surface area contributed by atoms with Gasteiger partial charge in [0.2, 0.25) is 0 Å². The number of aromatic nitrogens is 2. The Balaban J connectivity index is 1.29. The average Bonchev–Trinajstić information content (AvgIpc) is 3.36. The summed E-state index contributed by atoms with van der Waals surface area (Å²) in [5.74, 6) is 5.73. The standard InChI is InChI=1S/C27H41N3O/c1-4-27(31)13-10-21-19(15-27)5-6-23-22(21)9-12-26(3)24(7-8-25(23)26)18(2)17-30-14-11-20(16-28)29-30/h11,14,18-19,21-25,31H,4-10,12-13,15,17H2,1-3H3/t18?,19-,21+,22-,23-,24-,25+,26-,27-/m1/s1. The molecule has 9 atom stereocenters. The lowest BCUT2D eigenvalue weighted by Crippen LogP contribution is -2.51. The summed E-state index contributed by atoms with van der Waals surface area (Å²) in [5.41, 5.74) is 0.628. The van der Waals surface area contributed by atoms with Crippen LogP contribution in [0.25, 0.3) is 0 Å². The van der Waals surface area contributed by atoms with Gasteiger partial charge in [-0.1, -0.05) is 20.8 Å². The second kappa shape index (κ2) is 7.91. The van der Waals surface area contributed by atoms with Crippen molar-refractivity contribution in [2.24, 2.45) is 46.8 Å². The SMILES string of the molecule is CC[C@@]1(O)CC[C@H]2[C@H](CC[C@@H]3[C@@H]2CC[C@]2(C)[C@@H](C(C)Cn4ccc(C#N)n4)CC[C@@H]32)C1. The van der Waals surface area contributed by atoms with Crippen molar-refractivity contribution in [3.63, 3.8) is 0 Å².